The van der Waals surface area contributed by atoms with Gasteiger partial charge >= 0.3 is 0 Å². The molecule has 0 radical (unpaired) electrons. The van der Waals surface area contributed by atoms with Crippen molar-refractivity contribution in [3.8, 4) is 0 Å². The highest BCUT2D eigenvalue weighted by atomic mass is 79.9. The fraction of sp³-hybridized carbons (Fsp3) is 0.208. The highest BCUT2D eigenvalue weighted by Gasteiger charge is 2.34. The van der Waals surface area contributed by atoms with Crippen LogP contribution in [0.3, 0.4) is 0 Å². The van der Waals surface area contributed by atoms with Crippen molar-refractivity contribution in [3.05, 3.63) is 76.3 Å². The summed E-state index contributed by atoms with van der Waals surface area (Å²) in [5, 5.41) is 4.43. The van der Waals surface area contributed by atoms with Crippen LogP contribution in [0.2, 0.25) is 0 Å². The van der Waals surface area contributed by atoms with Gasteiger partial charge in [-0.15, -0.1) is 0 Å². The number of nitrogens with zero attached hydrogens (tertiary/aromatic N) is 2. The molecule has 1 aliphatic rings. The maximum Gasteiger partial charge on any atom is 0.259 e. The second kappa shape index (κ2) is 8.51. The molecule has 4 rings (SSSR count). The number of halogens is 1. The lowest BCUT2D eigenvalue weighted by molar-refractivity contribution is -0.139. The highest BCUT2D eigenvalue weighted by Crippen LogP contribution is 2.37. The molecule has 7 heteroatoms. The van der Waals surface area contributed by atoms with E-state index in [9.17, 15) is 14.4 Å². The molecular formula is C24H22BrN3O3. The van der Waals surface area contributed by atoms with E-state index in [0.717, 1.165) is 26.5 Å². The molecule has 0 saturated heterocycles. The van der Waals surface area contributed by atoms with Gasteiger partial charge in [0, 0.05) is 29.0 Å². The fourth-order valence-electron chi connectivity index (χ4n) is 3.99. The Morgan fingerprint density at radius 2 is 1.81 bits per heavy atom. The van der Waals surface area contributed by atoms with Gasteiger partial charge in [0.2, 0.25) is 11.8 Å². The smallest absolute Gasteiger partial charge is 0.259 e. The molecule has 6 nitrogen and oxygen atoms in total. The van der Waals surface area contributed by atoms with Crippen LogP contribution >= 0.6 is 15.9 Å². The van der Waals surface area contributed by atoms with Crippen molar-refractivity contribution in [3.63, 3.8) is 0 Å². The summed E-state index contributed by atoms with van der Waals surface area (Å²) < 4.78 is 0.891. The van der Waals surface area contributed by atoms with E-state index in [1.807, 2.05) is 54.6 Å². The Hall–Kier alpha value is -3.19. The van der Waals surface area contributed by atoms with Crippen molar-refractivity contribution in [2.24, 2.45) is 0 Å². The first-order valence-electron chi connectivity index (χ1n) is 10.00. The number of hydrogen-bond acceptors (Lipinski definition) is 3. The van der Waals surface area contributed by atoms with Crippen LogP contribution in [0.4, 0.5) is 5.69 Å². The number of hydrogen-bond donors (Lipinski definition) is 1. The van der Waals surface area contributed by atoms with Crippen LogP contribution in [0.25, 0.3) is 10.8 Å². The van der Waals surface area contributed by atoms with Gasteiger partial charge in [-0.1, -0.05) is 52.3 Å². The van der Waals surface area contributed by atoms with Gasteiger partial charge in [0.05, 0.1) is 5.69 Å². The van der Waals surface area contributed by atoms with Gasteiger partial charge < -0.3 is 10.2 Å². The minimum absolute atomic E-state index is 0.137. The second-order valence-electron chi connectivity index (χ2n) is 7.51. The fourth-order valence-corrected chi connectivity index (χ4v) is 4.43. The number of amides is 3. The third-order valence-corrected chi connectivity index (χ3v) is 6.09. The molecule has 3 amide bonds. The first-order valence-corrected chi connectivity index (χ1v) is 10.8. The summed E-state index contributed by atoms with van der Waals surface area (Å²) >= 11 is 3.44. The minimum Gasteiger partial charge on any atom is -0.357 e. The summed E-state index contributed by atoms with van der Waals surface area (Å²) in [5.74, 6) is -0.758. The molecule has 1 heterocycles. The molecule has 3 aromatic carbocycles. The van der Waals surface area contributed by atoms with Crippen LogP contribution in [0.5, 0.6) is 0 Å². The maximum absolute atomic E-state index is 13.4. The largest absolute Gasteiger partial charge is 0.357 e. The summed E-state index contributed by atoms with van der Waals surface area (Å²) in [6, 6.07) is 18.2. The molecular weight excluding hydrogens is 458 g/mol. The molecule has 3 aromatic rings. The molecule has 0 unspecified atom stereocenters. The Bertz CT molecular complexity index is 1190. The standard InChI is InChI=1S/C24H22BrN3O3/c1-15(23(30)26-2)27(13-16-6-3-9-18(25)12-16)21(29)14-28-20-11-5-8-17-7-4-10-19(22(17)20)24(28)31/h3-12,15H,13-14H2,1-2H3,(H,26,30)/t15-/m0/s1. The predicted octanol–water partition coefficient (Wildman–Crippen LogP) is 3.73. The molecule has 1 aliphatic heterocycles. The molecule has 0 aliphatic carbocycles. The van der Waals surface area contributed by atoms with Crippen molar-refractivity contribution >= 4 is 50.1 Å². The summed E-state index contributed by atoms with van der Waals surface area (Å²) in [4.78, 5) is 41.8. The highest BCUT2D eigenvalue weighted by molar-refractivity contribution is 9.10. The van der Waals surface area contributed by atoms with Crippen LogP contribution in [0.15, 0.2) is 65.1 Å². The Morgan fingerprint density at radius 1 is 1.10 bits per heavy atom. The zero-order chi connectivity index (χ0) is 22.1. The molecule has 1 N–H and O–H groups in total. The Morgan fingerprint density at radius 3 is 2.52 bits per heavy atom. The third kappa shape index (κ3) is 3.93. The van der Waals surface area contributed by atoms with Crippen molar-refractivity contribution in [2.75, 3.05) is 18.5 Å². The van der Waals surface area contributed by atoms with Crippen LogP contribution in [-0.2, 0) is 16.1 Å². The lowest BCUT2D eigenvalue weighted by Gasteiger charge is -2.30. The number of carbonyl (C=O) groups is 3. The number of nitrogens with one attached hydrogen (secondary N) is 1. The Labute approximate surface area is 189 Å². The summed E-state index contributed by atoms with van der Waals surface area (Å²) in [7, 11) is 1.54. The zero-order valence-corrected chi connectivity index (χ0v) is 18.8. The van der Waals surface area contributed by atoms with Crippen LogP contribution in [-0.4, -0.2) is 42.3 Å². The average molecular weight is 480 g/mol. The van der Waals surface area contributed by atoms with Crippen LogP contribution < -0.4 is 10.2 Å². The first kappa shape index (κ1) is 21.1. The number of anilines is 1. The molecule has 0 bridgehead atoms. The van der Waals surface area contributed by atoms with Gasteiger partial charge in [-0.3, -0.25) is 19.3 Å². The molecule has 0 aromatic heterocycles. The molecule has 0 fully saturated rings. The summed E-state index contributed by atoms with van der Waals surface area (Å²) in [6.07, 6.45) is 0. The third-order valence-electron chi connectivity index (χ3n) is 5.60. The molecule has 158 valence electrons. The number of benzene rings is 3. The molecule has 1 atom stereocenters. The monoisotopic (exact) mass is 479 g/mol. The SMILES string of the molecule is CNC(=O)[C@H](C)N(Cc1cccc(Br)c1)C(=O)CN1C(=O)c2cccc3cccc1c23. The topological polar surface area (TPSA) is 69.7 Å². The number of likely N-dealkylation sites (N-methyl/N-ethyl adjacent to an activating group) is 1. The van der Waals surface area contributed by atoms with Crippen LogP contribution in [0.1, 0.15) is 22.8 Å². The molecule has 0 saturated carbocycles. The summed E-state index contributed by atoms with van der Waals surface area (Å²) in [5.41, 5.74) is 2.21. The van der Waals surface area contributed by atoms with Gasteiger partial charge in [-0.05, 0) is 42.1 Å². The van der Waals surface area contributed by atoms with Crippen molar-refractivity contribution < 1.29 is 14.4 Å². The van der Waals surface area contributed by atoms with Crippen molar-refractivity contribution in [1.29, 1.82) is 0 Å². The van der Waals surface area contributed by atoms with E-state index in [2.05, 4.69) is 21.2 Å². The van der Waals surface area contributed by atoms with Gasteiger partial charge in [0.25, 0.3) is 5.91 Å². The van der Waals surface area contributed by atoms with Crippen molar-refractivity contribution in [2.45, 2.75) is 19.5 Å². The second-order valence-corrected chi connectivity index (χ2v) is 8.43. The van der Waals surface area contributed by atoms with Crippen molar-refractivity contribution in [1.82, 2.24) is 10.2 Å². The lowest BCUT2D eigenvalue weighted by Crippen LogP contribution is -2.50. The van der Waals surface area contributed by atoms with Gasteiger partial charge in [-0.2, -0.15) is 0 Å². The van der Waals surface area contributed by atoms with Gasteiger partial charge in [0.1, 0.15) is 12.6 Å². The predicted molar refractivity (Wildman–Crippen MR) is 124 cm³/mol. The summed E-state index contributed by atoms with van der Waals surface area (Å²) in [6.45, 7) is 1.81. The Balaban J connectivity index is 1.64. The van der Waals surface area contributed by atoms with E-state index in [1.54, 1.807) is 20.0 Å². The normalized spacial score (nSPS) is 13.4. The van der Waals surface area contributed by atoms with E-state index in [-0.39, 0.29) is 30.8 Å². The number of rotatable bonds is 6. The minimum atomic E-state index is -0.688. The van der Waals surface area contributed by atoms with Gasteiger partial charge in [0.15, 0.2) is 0 Å². The average Bonchev–Trinajstić information content (AvgIpc) is 3.04. The van der Waals surface area contributed by atoms with E-state index in [1.165, 1.54) is 9.80 Å². The van der Waals surface area contributed by atoms with Crippen LogP contribution in [0, 0.1) is 0 Å². The lowest BCUT2D eigenvalue weighted by atomic mass is 10.1. The van der Waals surface area contributed by atoms with E-state index in [4.69, 9.17) is 0 Å². The molecule has 31 heavy (non-hydrogen) atoms. The quantitative estimate of drug-likeness (QED) is 0.585. The van der Waals surface area contributed by atoms with Gasteiger partial charge in [-0.25, -0.2) is 0 Å². The maximum atomic E-state index is 13.4. The molecule has 0 spiro atoms. The van der Waals surface area contributed by atoms with E-state index < -0.39 is 6.04 Å². The Kier molecular flexibility index (Phi) is 5.78. The number of carbonyl (C=O) groups excluding carboxylic acids is 3. The zero-order valence-electron chi connectivity index (χ0n) is 17.3. The van der Waals surface area contributed by atoms with E-state index >= 15 is 0 Å². The first-order chi connectivity index (χ1) is 14.9. The van der Waals surface area contributed by atoms with E-state index in [0.29, 0.717) is 5.56 Å².